The monoisotopic (exact) mass is 556 g/mol. The van der Waals surface area contributed by atoms with Gasteiger partial charge in [-0.2, -0.15) is 5.10 Å². The van der Waals surface area contributed by atoms with E-state index >= 15 is 0 Å². The number of hydrogen-bond donors (Lipinski definition) is 2. The lowest BCUT2D eigenvalue weighted by Crippen LogP contribution is -2.45. The summed E-state index contributed by atoms with van der Waals surface area (Å²) in [6.45, 7) is 12.1. The zero-order valence-corrected chi connectivity index (χ0v) is 24.4. The standard InChI is InChI=1S/C31H34N4O3.C3H8.H2/c1-4-6-22(5-2)21-32-31(38)30(25-12-10-24(11-13-25)28-19-20-34(3)33-28)35(26-14-15-26)29(37)18-9-23-7-16-27(36)17-8-23;1-3-2;/h4-8,10-13,16-17,19-20,26,30,36H,1-2,9,14-15,18,21H2,3H3,(H,32,38);3H2,1-2H3;1H/b22-6+;;. The van der Waals surface area contributed by atoms with Crippen LogP contribution in [-0.2, 0) is 23.1 Å². The number of aromatic hydroxyl groups is 1. The van der Waals surface area contributed by atoms with E-state index in [2.05, 4.69) is 37.4 Å². The molecule has 1 fully saturated rings. The number of aryl methyl sites for hydroxylation is 2. The first-order valence-electron chi connectivity index (χ1n) is 14.2. The van der Waals surface area contributed by atoms with Crippen molar-refractivity contribution in [2.75, 3.05) is 6.54 Å². The predicted octanol–water partition coefficient (Wildman–Crippen LogP) is 6.53. The lowest BCUT2D eigenvalue weighted by molar-refractivity contribution is -0.141. The fraction of sp³-hybridized carbons (Fsp3) is 0.324. The molecule has 41 heavy (non-hydrogen) atoms. The van der Waals surface area contributed by atoms with E-state index in [1.165, 1.54) is 6.42 Å². The molecule has 1 aromatic heterocycles. The maximum Gasteiger partial charge on any atom is 0.247 e. The predicted molar refractivity (Wildman–Crippen MR) is 167 cm³/mol. The molecule has 1 atom stereocenters. The van der Waals surface area contributed by atoms with E-state index in [4.69, 9.17) is 0 Å². The highest BCUT2D eigenvalue weighted by Gasteiger charge is 2.41. The quantitative estimate of drug-likeness (QED) is 0.248. The van der Waals surface area contributed by atoms with Crippen molar-refractivity contribution in [3.63, 3.8) is 0 Å². The van der Waals surface area contributed by atoms with Crippen LogP contribution < -0.4 is 5.32 Å². The number of carbonyl (C=O) groups excluding carboxylic acids is 2. The molecule has 0 aliphatic heterocycles. The molecule has 0 radical (unpaired) electrons. The Hall–Kier alpha value is -4.39. The van der Waals surface area contributed by atoms with E-state index in [-0.39, 0.29) is 38.0 Å². The normalized spacial score (nSPS) is 13.4. The molecule has 7 nitrogen and oxygen atoms in total. The fourth-order valence-corrected chi connectivity index (χ4v) is 4.43. The van der Waals surface area contributed by atoms with Crippen LogP contribution in [0.4, 0.5) is 0 Å². The molecule has 2 N–H and O–H groups in total. The van der Waals surface area contributed by atoms with Gasteiger partial charge >= 0.3 is 0 Å². The molecule has 0 spiro atoms. The van der Waals surface area contributed by atoms with E-state index < -0.39 is 6.04 Å². The van der Waals surface area contributed by atoms with Crippen molar-refractivity contribution in [1.29, 1.82) is 0 Å². The number of nitrogens with one attached hydrogen (secondary N) is 1. The van der Waals surface area contributed by atoms with Crippen molar-refractivity contribution in [2.45, 2.75) is 58.0 Å². The first-order valence-corrected chi connectivity index (χ1v) is 14.2. The summed E-state index contributed by atoms with van der Waals surface area (Å²) in [5, 5.41) is 17.0. The average Bonchev–Trinajstić information content (AvgIpc) is 3.72. The van der Waals surface area contributed by atoms with Crippen molar-refractivity contribution >= 4 is 11.8 Å². The fourth-order valence-electron chi connectivity index (χ4n) is 4.43. The smallest absolute Gasteiger partial charge is 0.247 e. The number of allylic oxidation sites excluding steroid dienone is 2. The number of hydrogen-bond acceptors (Lipinski definition) is 4. The highest BCUT2D eigenvalue weighted by atomic mass is 16.3. The van der Waals surface area contributed by atoms with Gasteiger partial charge in [0.1, 0.15) is 11.8 Å². The molecule has 1 unspecified atom stereocenters. The Balaban J connectivity index is 0.00000148. The summed E-state index contributed by atoms with van der Waals surface area (Å²) in [6, 6.07) is 15.8. The van der Waals surface area contributed by atoms with E-state index in [9.17, 15) is 14.7 Å². The minimum atomic E-state index is -0.762. The number of amides is 2. The molecule has 1 saturated carbocycles. The highest BCUT2D eigenvalue weighted by molar-refractivity contribution is 5.89. The Kier molecular flexibility index (Phi) is 11.7. The molecule has 4 rings (SSSR count). The summed E-state index contributed by atoms with van der Waals surface area (Å²) in [7, 11) is 1.87. The van der Waals surface area contributed by atoms with Crippen LogP contribution >= 0.6 is 0 Å². The first-order chi connectivity index (χ1) is 19.8. The SMILES string of the molecule is C=C/C=C(\C=C)CNC(=O)C(c1ccc(-c2ccn(C)n2)cc1)N(C(=O)CCc1ccc(O)cc1)C1CC1.CCC.[HH]. The average molecular weight is 557 g/mol. The summed E-state index contributed by atoms with van der Waals surface area (Å²) >= 11 is 0. The van der Waals surface area contributed by atoms with Crippen molar-refractivity contribution in [1.82, 2.24) is 20.0 Å². The van der Waals surface area contributed by atoms with Crippen LogP contribution in [0.1, 0.15) is 58.1 Å². The molecule has 1 aliphatic rings. The minimum absolute atomic E-state index is 0. The van der Waals surface area contributed by atoms with Gasteiger partial charge in [-0.15, -0.1) is 0 Å². The van der Waals surface area contributed by atoms with Crippen LogP contribution in [0.25, 0.3) is 11.3 Å². The number of aromatic nitrogens is 2. The minimum Gasteiger partial charge on any atom is -0.508 e. The summed E-state index contributed by atoms with van der Waals surface area (Å²) in [6.07, 6.45) is 10.8. The van der Waals surface area contributed by atoms with Crippen molar-refractivity contribution in [3.8, 4) is 17.0 Å². The van der Waals surface area contributed by atoms with Crippen LogP contribution in [0.5, 0.6) is 5.75 Å². The lowest BCUT2D eigenvalue weighted by Gasteiger charge is -2.32. The summed E-state index contributed by atoms with van der Waals surface area (Å²) in [5.41, 5.74) is 4.31. The van der Waals surface area contributed by atoms with E-state index in [1.54, 1.807) is 39.9 Å². The molecule has 1 aliphatic carbocycles. The number of benzene rings is 2. The number of phenolic OH excluding ortho intramolecular Hbond substituents is 1. The van der Waals surface area contributed by atoms with Crippen LogP contribution in [0.15, 0.2) is 97.8 Å². The second kappa shape index (κ2) is 15.4. The Morgan fingerprint density at radius 1 is 1.12 bits per heavy atom. The van der Waals surface area contributed by atoms with Gasteiger partial charge in [0.2, 0.25) is 11.8 Å². The number of nitrogens with zero attached hydrogens (tertiary/aromatic N) is 3. The van der Waals surface area contributed by atoms with Crippen molar-refractivity contribution in [3.05, 3.63) is 109 Å². The van der Waals surface area contributed by atoms with Crippen LogP contribution in [0.3, 0.4) is 0 Å². The molecule has 2 aromatic carbocycles. The maximum absolute atomic E-state index is 13.7. The van der Waals surface area contributed by atoms with Gasteiger partial charge in [0.15, 0.2) is 0 Å². The maximum atomic E-state index is 13.7. The summed E-state index contributed by atoms with van der Waals surface area (Å²) < 4.78 is 1.75. The summed E-state index contributed by atoms with van der Waals surface area (Å²) in [5.74, 6) is -0.118. The van der Waals surface area contributed by atoms with Gasteiger partial charge < -0.3 is 15.3 Å². The third-order valence-corrected chi connectivity index (χ3v) is 6.62. The van der Waals surface area contributed by atoms with E-state index in [0.717, 1.165) is 40.8 Å². The molecule has 1 heterocycles. The van der Waals surface area contributed by atoms with E-state index in [0.29, 0.717) is 6.42 Å². The molecule has 3 aromatic rings. The van der Waals surface area contributed by atoms with Crippen molar-refractivity contribution in [2.24, 2.45) is 7.05 Å². The summed E-state index contributed by atoms with van der Waals surface area (Å²) in [4.78, 5) is 29.1. The Morgan fingerprint density at radius 2 is 1.78 bits per heavy atom. The third-order valence-electron chi connectivity index (χ3n) is 6.62. The number of rotatable bonds is 12. The van der Waals surface area contributed by atoms with Crippen LogP contribution in [0.2, 0.25) is 0 Å². The van der Waals surface area contributed by atoms with Gasteiger partial charge in [0.25, 0.3) is 0 Å². The molecule has 218 valence electrons. The third kappa shape index (κ3) is 9.07. The van der Waals surface area contributed by atoms with E-state index in [1.807, 2.05) is 55.7 Å². The van der Waals surface area contributed by atoms with Crippen LogP contribution in [-0.4, -0.2) is 44.2 Å². The Bertz CT molecular complexity index is 1340. The topological polar surface area (TPSA) is 87.5 Å². The second-order valence-corrected chi connectivity index (χ2v) is 10.2. The lowest BCUT2D eigenvalue weighted by atomic mass is 10.00. The second-order valence-electron chi connectivity index (χ2n) is 10.2. The molecule has 2 amide bonds. The molecular weight excluding hydrogens is 512 g/mol. The van der Waals surface area contributed by atoms with Gasteiger partial charge in [-0.1, -0.05) is 88.1 Å². The van der Waals surface area contributed by atoms with Gasteiger partial charge in [-0.25, -0.2) is 0 Å². The van der Waals surface area contributed by atoms with Gasteiger partial charge in [0, 0.05) is 39.2 Å². The number of carbonyl (C=O) groups is 2. The Labute approximate surface area is 245 Å². The largest absolute Gasteiger partial charge is 0.508 e. The zero-order valence-electron chi connectivity index (χ0n) is 24.4. The van der Waals surface area contributed by atoms with Crippen LogP contribution in [0, 0.1) is 0 Å². The van der Waals surface area contributed by atoms with Gasteiger partial charge in [-0.3, -0.25) is 14.3 Å². The molecule has 7 heteroatoms. The molecular formula is C34H44N4O3. The molecule has 0 bridgehead atoms. The number of phenols is 1. The molecule has 0 saturated heterocycles. The van der Waals surface area contributed by atoms with Gasteiger partial charge in [0.05, 0.1) is 5.69 Å². The Morgan fingerprint density at radius 3 is 2.32 bits per heavy atom. The first kappa shape index (κ1) is 31.1. The van der Waals surface area contributed by atoms with Crippen molar-refractivity contribution < 1.29 is 16.1 Å². The zero-order chi connectivity index (χ0) is 29.8. The highest BCUT2D eigenvalue weighted by Crippen LogP contribution is 2.36. The van der Waals surface area contributed by atoms with Gasteiger partial charge in [-0.05, 0) is 54.2 Å².